The first-order chi connectivity index (χ1) is 8.22. The lowest BCUT2D eigenvalue weighted by atomic mass is 10.0. The lowest BCUT2D eigenvalue weighted by Gasteiger charge is -2.05. The standard InChI is InChI=1S/C12H6ClNO2S/c13-17-8-5-6-3-1-2-4-7(6)9-10(8)12(16)14-11(9)15/h1-5H,(H,14,15,16). The zero-order valence-corrected chi connectivity index (χ0v) is 10.1. The second-order valence-corrected chi connectivity index (χ2v) is 4.76. The van der Waals surface area contributed by atoms with Crippen LogP contribution < -0.4 is 5.32 Å². The summed E-state index contributed by atoms with van der Waals surface area (Å²) >= 11 is 0. The van der Waals surface area contributed by atoms with E-state index in [0.717, 1.165) is 21.7 Å². The molecule has 0 spiro atoms. The van der Waals surface area contributed by atoms with Crippen LogP contribution in [0.1, 0.15) is 20.7 Å². The van der Waals surface area contributed by atoms with Gasteiger partial charge in [-0.25, -0.2) is 0 Å². The molecule has 0 bridgehead atoms. The topological polar surface area (TPSA) is 46.2 Å². The quantitative estimate of drug-likeness (QED) is 0.805. The number of hydrogen-bond donors (Lipinski definition) is 1. The van der Waals surface area contributed by atoms with Gasteiger partial charge in [0.15, 0.2) is 0 Å². The van der Waals surface area contributed by atoms with E-state index in [1.807, 2.05) is 30.3 Å². The lowest BCUT2D eigenvalue weighted by molar-refractivity contribution is 0.0879. The molecule has 3 nitrogen and oxygen atoms in total. The van der Waals surface area contributed by atoms with Crippen molar-refractivity contribution in [2.24, 2.45) is 0 Å². The Morgan fingerprint density at radius 3 is 2.53 bits per heavy atom. The molecule has 0 unspecified atom stereocenters. The smallest absolute Gasteiger partial charge is 0.260 e. The predicted molar refractivity (Wildman–Crippen MR) is 67.5 cm³/mol. The highest BCUT2D eigenvalue weighted by Crippen LogP contribution is 2.36. The highest BCUT2D eigenvalue weighted by Gasteiger charge is 2.31. The van der Waals surface area contributed by atoms with Gasteiger partial charge in [-0.3, -0.25) is 14.9 Å². The Bertz CT molecular complexity index is 669. The van der Waals surface area contributed by atoms with Gasteiger partial charge in [0, 0.05) is 4.90 Å². The molecule has 1 aliphatic rings. The monoisotopic (exact) mass is 263 g/mol. The van der Waals surface area contributed by atoms with Crippen LogP contribution in [0, 0.1) is 0 Å². The molecular formula is C12H6ClNO2S. The first-order valence-corrected chi connectivity index (χ1v) is 6.56. The van der Waals surface area contributed by atoms with Crippen molar-refractivity contribution in [2.45, 2.75) is 4.90 Å². The summed E-state index contributed by atoms with van der Waals surface area (Å²) in [5, 5.41) is 3.98. The normalized spacial score (nSPS) is 13.9. The van der Waals surface area contributed by atoms with E-state index >= 15 is 0 Å². The number of halogens is 1. The van der Waals surface area contributed by atoms with Crippen molar-refractivity contribution in [1.29, 1.82) is 0 Å². The summed E-state index contributed by atoms with van der Waals surface area (Å²) in [6.45, 7) is 0. The van der Waals surface area contributed by atoms with E-state index in [1.165, 1.54) is 0 Å². The minimum Gasteiger partial charge on any atom is -0.288 e. The Morgan fingerprint density at radius 1 is 1.06 bits per heavy atom. The molecule has 2 amide bonds. The van der Waals surface area contributed by atoms with Gasteiger partial charge in [0.2, 0.25) is 0 Å². The number of fused-ring (bicyclic) bond motifs is 3. The van der Waals surface area contributed by atoms with Gasteiger partial charge in [-0.05, 0) is 38.5 Å². The molecule has 0 atom stereocenters. The molecule has 0 saturated carbocycles. The minimum absolute atomic E-state index is 0.353. The van der Waals surface area contributed by atoms with Crippen molar-refractivity contribution < 1.29 is 9.59 Å². The van der Waals surface area contributed by atoms with Crippen molar-refractivity contribution in [3.8, 4) is 0 Å². The van der Waals surface area contributed by atoms with Crippen LogP contribution in [-0.4, -0.2) is 11.8 Å². The summed E-state index contributed by atoms with van der Waals surface area (Å²) in [4.78, 5) is 24.1. The SMILES string of the molecule is O=C1NC(=O)c2c1c(SCl)cc1ccccc21. The van der Waals surface area contributed by atoms with Crippen LogP contribution in [0.4, 0.5) is 0 Å². The zero-order chi connectivity index (χ0) is 12.0. The van der Waals surface area contributed by atoms with Crippen molar-refractivity contribution in [3.63, 3.8) is 0 Å². The summed E-state index contributed by atoms with van der Waals surface area (Å²) in [5.41, 5.74) is 0.810. The van der Waals surface area contributed by atoms with Crippen LogP contribution in [0.25, 0.3) is 10.8 Å². The van der Waals surface area contributed by atoms with Crippen LogP contribution in [-0.2, 0) is 0 Å². The second-order valence-electron chi connectivity index (χ2n) is 3.71. The second kappa shape index (κ2) is 3.75. The fraction of sp³-hybridized carbons (Fsp3) is 0. The molecule has 3 rings (SSSR count). The maximum absolute atomic E-state index is 11.8. The van der Waals surface area contributed by atoms with Crippen LogP contribution in [0.15, 0.2) is 35.2 Å². The molecule has 17 heavy (non-hydrogen) atoms. The third kappa shape index (κ3) is 1.45. The van der Waals surface area contributed by atoms with Gasteiger partial charge in [0.1, 0.15) is 0 Å². The van der Waals surface area contributed by atoms with E-state index in [1.54, 1.807) is 0 Å². The molecule has 5 heteroatoms. The average molecular weight is 264 g/mol. The van der Waals surface area contributed by atoms with E-state index in [4.69, 9.17) is 10.7 Å². The summed E-state index contributed by atoms with van der Waals surface area (Å²) in [6, 6.07) is 9.26. The summed E-state index contributed by atoms with van der Waals surface area (Å²) in [5.74, 6) is -0.729. The van der Waals surface area contributed by atoms with Gasteiger partial charge in [-0.15, -0.1) is 0 Å². The van der Waals surface area contributed by atoms with Crippen LogP contribution in [0.2, 0.25) is 0 Å². The largest absolute Gasteiger partial charge is 0.288 e. The third-order valence-corrected chi connectivity index (χ3v) is 3.76. The zero-order valence-electron chi connectivity index (χ0n) is 8.49. The number of amides is 2. The summed E-state index contributed by atoms with van der Waals surface area (Å²) in [7, 11) is 6.70. The average Bonchev–Trinajstić information content (AvgIpc) is 2.65. The number of carbonyl (C=O) groups is 2. The number of carbonyl (C=O) groups excluding carboxylic acids is 2. The van der Waals surface area contributed by atoms with Crippen molar-refractivity contribution >= 4 is 44.2 Å². The Kier molecular flexibility index (Phi) is 2.34. The molecule has 1 heterocycles. The lowest BCUT2D eigenvalue weighted by Crippen LogP contribution is -2.20. The van der Waals surface area contributed by atoms with E-state index in [2.05, 4.69) is 5.32 Å². The Balaban J connectivity index is 2.50. The summed E-state index contributed by atoms with van der Waals surface area (Å²) < 4.78 is 0. The minimum atomic E-state index is -0.376. The molecule has 0 aromatic heterocycles. The van der Waals surface area contributed by atoms with Gasteiger partial charge in [0.25, 0.3) is 11.8 Å². The van der Waals surface area contributed by atoms with E-state index in [-0.39, 0.29) is 11.8 Å². The maximum Gasteiger partial charge on any atom is 0.260 e. The Morgan fingerprint density at radius 2 is 1.76 bits per heavy atom. The third-order valence-electron chi connectivity index (χ3n) is 2.78. The van der Waals surface area contributed by atoms with Gasteiger partial charge in [-0.2, -0.15) is 0 Å². The molecule has 2 aromatic carbocycles. The van der Waals surface area contributed by atoms with Crippen molar-refractivity contribution in [1.82, 2.24) is 5.32 Å². The van der Waals surface area contributed by atoms with Crippen LogP contribution in [0.5, 0.6) is 0 Å². The molecule has 2 aromatic rings. The van der Waals surface area contributed by atoms with E-state index in [0.29, 0.717) is 16.0 Å². The number of benzene rings is 2. The van der Waals surface area contributed by atoms with Crippen molar-refractivity contribution in [3.05, 3.63) is 41.5 Å². The highest BCUT2D eigenvalue weighted by molar-refractivity contribution is 8.21. The number of nitrogens with one attached hydrogen (secondary N) is 1. The first-order valence-electron chi connectivity index (χ1n) is 4.92. The van der Waals surface area contributed by atoms with Gasteiger partial charge < -0.3 is 0 Å². The number of hydrogen-bond acceptors (Lipinski definition) is 3. The first kappa shape index (κ1) is 10.6. The van der Waals surface area contributed by atoms with Gasteiger partial charge >= 0.3 is 0 Å². The summed E-state index contributed by atoms with van der Waals surface area (Å²) in [6.07, 6.45) is 0. The molecular weight excluding hydrogens is 258 g/mol. The predicted octanol–water partition coefficient (Wildman–Crippen LogP) is 2.97. The van der Waals surface area contributed by atoms with Crippen LogP contribution in [0.3, 0.4) is 0 Å². The van der Waals surface area contributed by atoms with E-state index in [9.17, 15) is 9.59 Å². The fourth-order valence-electron chi connectivity index (χ4n) is 2.07. The highest BCUT2D eigenvalue weighted by atomic mass is 35.7. The molecule has 0 radical (unpaired) electrons. The molecule has 1 aliphatic heterocycles. The number of rotatable bonds is 1. The molecule has 0 saturated heterocycles. The molecule has 84 valence electrons. The molecule has 1 N–H and O–H groups in total. The Hall–Kier alpha value is -1.52. The molecule has 0 fully saturated rings. The van der Waals surface area contributed by atoms with Crippen molar-refractivity contribution in [2.75, 3.05) is 0 Å². The Labute approximate surface area is 106 Å². The number of imide groups is 1. The maximum atomic E-state index is 11.8. The van der Waals surface area contributed by atoms with Gasteiger partial charge in [0.05, 0.1) is 11.1 Å². The van der Waals surface area contributed by atoms with Gasteiger partial charge in [-0.1, -0.05) is 24.3 Å². The molecule has 0 aliphatic carbocycles. The van der Waals surface area contributed by atoms with E-state index < -0.39 is 0 Å². The fourth-order valence-corrected chi connectivity index (χ4v) is 2.88. The van der Waals surface area contributed by atoms with Crippen LogP contribution >= 0.6 is 21.7 Å².